The zero-order valence-electron chi connectivity index (χ0n) is 38.0. The summed E-state index contributed by atoms with van der Waals surface area (Å²) in [5.74, 6) is 0.149. The number of nitrogens with two attached hydrogens (primary N) is 1. The zero-order valence-corrected chi connectivity index (χ0v) is 38.0. The van der Waals surface area contributed by atoms with Gasteiger partial charge in [0.25, 0.3) is 11.8 Å². The molecule has 1 saturated heterocycles. The molecule has 3 aromatic heterocycles. The van der Waals surface area contributed by atoms with E-state index in [1.54, 1.807) is 49.5 Å². The number of pyridine rings is 1. The Balaban J connectivity index is 0.707. The van der Waals surface area contributed by atoms with Gasteiger partial charge in [0.15, 0.2) is 17.1 Å². The maximum Gasteiger partial charge on any atom is 0.264 e. The Morgan fingerprint density at radius 2 is 1.57 bits per heavy atom. The highest BCUT2D eigenvalue weighted by Crippen LogP contribution is 2.33. The number of hydrogen-bond acceptors (Lipinski definition) is 16. The highest BCUT2D eigenvalue weighted by molar-refractivity contribution is 6.25. The Morgan fingerprint density at radius 1 is 0.824 bits per heavy atom. The number of hydrogen-bond donors (Lipinski definition) is 3. The molecule has 5 heterocycles. The molecule has 6 aromatic rings. The summed E-state index contributed by atoms with van der Waals surface area (Å²) < 4.78 is 43.4. The summed E-state index contributed by atoms with van der Waals surface area (Å²) in [6.07, 6.45) is 5.21. The van der Waals surface area contributed by atoms with Crippen LogP contribution >= 0.6 is 0 Å². The fraction of sp³-hybridized carbons (Fsp3) is 0.354. The number of methoxy groups -OCH3 is 2. The molecule has 2 unspecified atom stereocenters. The van der Waals surface area contributed by atoms with Crippen LogP contribution in [0.15, 0.2) is 85.3 Å². The number of benzene rings is 3. The molecule has 20 heteroatoms. The summed E-state index contributed by atoms with van der Waals surface area (Å²) in [5.41, 5.74) is 12.2. The topological polar surface area (TPSA) is 235 Å². The highest BCUT2D eigenvalue weighted by atomic mass is 16.6. The Bertz CT molecular complexity index is 2760. The quantitative estimate of drug-likeness (QED) is 0.0555. The van der Waals surface area contributed by atoms with Crippen LogP contribution in [0.2, 0.25) is 0 Å². The highest BCUT2D eigenvalue weighted by Gasteiger charge is 2.45. The van der Waals surface area contributed by atoms with Crippen LogP contribution in [0, 0.1) is 0 Å². The SMILES string of the molecule is COc1ccc(COc2ccc(Cn3c(N)nc4cc(-c5cnn(C(C)OCCOCCOCCOCCNc6cccc7c6C(=O)N(C6CCC(=O)NC6=O)C7=O)c5)cnc43)cc2OC)cc1. The monoisotopic (exact) mass is 931 g/mol. The Kier molecular flexibility index (Phi) is 15.2. The predicted molar refractivity (Wildman–Crippen MR) is 247 cm³/mol. The summed E-state index contributed by atoms with van der Waals surface area (Å²) in [4.78, 5) is 60.5. The first-order chi connectivity index (χ1) is 33.1. The molecule has 1 fully saturated rings. The summed E-state index contributed by atoms with van der Waals surface area (Å²) in [7, 11) is 3.24. The van der Waals surface area contributed by atoms with Crippen molar-refractivity contribution in [2.24, 2.45) is 0 Å². The van der Waals surface area contributed by atoms with Gasteiger partial charge >= 0.3 is 0 Å². The average Bonchev–Trinajstić information content (AvgIpc) is 4.04. The van der Waals surface area contributed by atoms with E-state index in [4.69, 9.17) is 43.9 Å². The van der Waals surface area contributed by atoms with E-state index in [-0.39, 0.29) is 30.2 Å². The Hall–Kier alpha value is -7.39. The molecule has 2 aliphatic rings. The van der Waals surface area contributed by atoms with Crippen LogP contribution in [0.4, 0.5) is 11.6 Å². The lowest BCUT2D eigenvalue weighted by molar-refractivity contribution is -0.136. The number of aromatic nitrogens is 5. The Labute approximate surface area is 391 Å². The lowest BCUT2D eigenvalue weighted by Crippen LogP contribution is -2.54. The molecule has 0 bridgehead atoms. The number of amides is 4. The van der Waals surface area contributed by atoms with Crippen molar-refractivity contribution >= 4 is 46.4 Å². The van der Waals surface area contributed by atoms with Gasteiger partial charge in [-0.25, -0.2) is 14.6 Å². The van der Waals surface area contributed by atoms with Crippen molar-refractivity contribution in [1.82, 2.24) is 34.5 Å². The number of nitrogens with zero attached hydrogens (tertiary/aromatic N) is 6. The second-order valence-corrected chi connectivity index (χ2v) is 15.9. The molecule has 2 aliphatic heterocycles. The van der Waals surface area contributed by atoms with Crippen LogP contribution in [0.1, 0.15) is 57.8 Å². The van der Waals surface area contributed by atoms with E-state index < -0.39 is 29.7 Å². The molecule has 356 valence electrons. The molecule has 20 nitrogen and oxygen atoms in total. The minimum absolute atomic E-state index is 0.0562. The number of nitrogens with one attached hydrogen (secondary N) is 2. The number of carbonyl (C=O) groups is 4. The number of anilines is 2. The van der Waals surface area contributed by atoms with Crippen LogP contribution in [0.25, 0.3) is 22.3 Å². The van der Waals surface area contributed by atoms with E-state index in [0.29, 0.717) is 100 Å². The number of ether oxygens (including phenoxy) is 7. The van der Waals surface area contributed by atoms with Gasteiger partial charge in [0.1, 0.15) is 30.1 Å². The molecule has 68 heavy (non-hydrogen) atoms. The predicted octanol–water partition coefficient (Wildman–Crippen LogP) is 4.62. The number of nitrogen functional groups attached to an aromatic ring is 1. The number of carbonyl (C=O) groups excluding carboxylic acids is 4. The number of imidazole rings is 1. The van der Waals surface area contributed by atoms with Gasteiger partial charge in [-0.3, -0.25) is 34.0 Å². The van der Waals surface area contributed by atoms with Gasteiger partial charge in [-0.1, -0.05) is 24.3 Å². The molecular formula is C48H53N9O11. The van der Waals surface area contributed by atoms with Gasteiger partial charge in [-0.2, -0.15) is 5.10 Å². The van der Waals surface area contributed by atoms with Gasteiger partial charge in [-0.05, 0) is 66.9 Å². The molecule has 3 aromatic carbocycles. The molecular weight excluding hydrogens is 879 g/mol. The van der Waals surface area contributed by atoms with E-state index in [1.807, 2.05) is 66.2 Å². The third-order valence-electron chi connectivity index (χ3n) is 11.4. The number of imide groups is 2. The second kappa shape index (κ2) is 21.9. The van der Waals surface area contributed by atoms with E-state index in [2.05, 4.69) is 20.7 Å². The molecule has 0 saturated carbocycles. The first kappa shape index (κ1) is 47.1. The molecule has 0 spiro atoms. The van der Waals surface area contributed by atoms with Crippen molar-refractivity contribution in [2.75, 3.05) is 78.1 Å². The van der Waals surface area contributed by atoms with E-state index >= 15 is 0 Å². The largest absolute Gasteiger partial charge is 0.497 e. The van der Waals surface area contributed by atoms with Gasteiger partial charge in [0.05, 0.1) is 84.3 Å². The normalized spacial score (nSPS) is 15.2. The van der Waals surface area contributed by atoms with Gasteiger partial charge in [0, 0.05) is 42.2 Å². The van der Waals surface area contributed by atoms with Crippen LogP contribution in [0.5, 0.6) is 17.2 Å². The van der Waals surface area contributed by atoms with E-state index in [0.717, 1.165) is 32.9 Å². The standard InChI is InChI=1S/C48H53N9O11/c1-30(67-22-21-66-20-19-65-18-17-64-16-15-50-37-6-4-5-36-43(37)47(61)57(46(36)60)39-12-14-42(58)54-45(39)59)56-28-34(26-52-56)33-24-38-44(51-25-33)55(48(49)53-38)27-32-9-13-40(41(23-32)63-3)68-29-31-7-10-35(62-2)11-8-31/h4-11,13,23-26,28,30,39,50H,12,14-22,27,29H2,1-3H3,(H2,49,53)(H,54,58,59). The number of rotatable bonds is 24. The first-order valence-corrected chi connectivity index (χ1v) is 22.1. The van der Waals surface area contributed by atoms with Crippen molar-refractivity contribution in [3.63, 3.8) is 0 Å². The minimum Gasteiger partial charge on any atom is -0.497 e. The van der Waals surface area contributed by atoms with Gasteiger partial charge in [-0.15, -0.1) is 0 Å². The van der Waals surface area contributed by atoms with Crippen molar-refractivity contribution in [3.8, 4) is 28.4 Å². The van der Waals surface area contributed by atoms with Gasteiger partial charge in [0.2, 0.25) is 17.8 Å². The fourth-order valence-corrected chi connectivity index (χ4v) is 7.84. The Morgan fingerprint density at radius 3 is 2.32 bits per heavy atom. The first-order valence-electron chi connectivity index (χ1n) is 22.1. The molecule has 0 aliphatic carbocycles. The number of piperidine rings is 1. The van der Waals surface area contributed by atoms with Crippen LogP contribution in [-0.4, -0.2) is 126 Å². The number of fused-ring (bicyclic) bond motifs is 2. The lowest BCUT2D eigenvalue weighted by atomic mass is 10.0. The van der Waals surface area contributed by atoms with E-state index in [1.165, 1.54) is 0 Å². The maximum absolute atomic E-state index is 13.3. The van der Waals surface area contributed by atoms with Crippen molar-refractivity contribution in [2.45, 2.75) is 45.2 Å². The molecule has 2 atom stereocenters. The maximum atomic E-state index is 13.3. The minimum atomic E-state index is -1.02. The zero-order chi connectivity index (χ0) is 47.6. The molecule has 4 N–H and O–H groups in total. The van der Waals surface area contributed by atoms with Crippen molar-refractivity contribution in [3.05, 3.63) is 108 Å². The summed E-state index contributed by atoms with van der Waals surface area (Å²) in [6.45, 7) is 5.57. The van der Waals surface area contributed by atoms with Gasteiger partial charge < -0.3 is 44.2 Å². The van der Waals surface area contributed by atoms with Crippen LogP contribution in [-0.2, 0) is 41.7 Å². The lowest BCUT2D eigenvalue weighted by Gasteiger charge is -2.27. The van der Waals surface area contributed by atoms with Crippen LogP contribution in [0.3, 0.4) is 0 Å². The second-order valence-electron chi connectivity index (χ2n) is 15.9. The third kappa shape index (κ3) is 10.9. The summed E-state index contributed by atoms with van der Waals surface area (Å²) in [5, 5.41) is 9.86. The summed E-state index contributed by atoms with van der Waals surface area (Å²) >= 11 is 0. The van der Waals surface area contributed by atoms with Crippen molar-refractivity contribution < 1.29 is 52.3 Å². The summed E-state index contributed by atoms with van der Waals surface area (Å²) in [6, 6.07) is 19.3. The smallest absolute Gasteiger partial charge is 0.264 e. The molecule has 4 amide bonds. The molecule has 0 radical (unpaired) electrons. The van der Waals surface area contributed by atoms with E-state index in [9.17, 15) is 19.2 Å². The third-order valence-corrected chi connectivity index (χ3v) is 11.4. The average molecular weight is 932 g/mol. The van der Waals surface area contributed by atoms with Crippen molar-refractivity contribution in [1.29, 1.82) is 0 Å². The molecule has 8 rings (SSSR count). The fourth-order valence-electron chi connectivity index (χ4n) is 7.84. The van der Waals surface area contributed by atoms with Crippen LogP contribution < -0.4 is 30.6 Å².